The van der Waals surface area contributed by atoms with Gasteiger partial charge in [-0.2, -0.15) is 4.98 Å². The van der Waals surface area contributed by atoms with Crippen molar-refractivity contribution in [2.45, 2.75) is 13.5 Å². The Bertz CT molecular complexity index is 501. The first-order valence-corrected chi connectivity index (χ1v) is 5.93. The normalized spacial score (nSPS) is 10.4. The second kappa shape index (κ2) is 4.90. The zero-order valence-corrected chi connectivity index (χ0v) is 10.6. The Morgan fingerprint density at radius 2 is 2.19 bits per heavy atom. The van der Waals surface area contributed by atoms with Crippen molar-refractivity contribution in [3.05, 3.63) is 26.5 Å². The second-order valence-electron chi connectivity index (χ2n) is 2.92. The SMILES string of the molecule is Cc1ncc(CNc2nc(Cl)nnc2Cl)s1. The van der Waals surface area contributed by atoms with E-state index in [1.807, 2.05) is 6.92 Å². The molecule has 2 rings (SSSR count). The lowest BCUT2D eigenvalue weighted by Crippen LogP contribution is -2.03. The summed E-state index contributed by atoms with van der Waals surface area (Å²) in [5.41, 5.74) is 0. The Hall–Kier alpha value is -0.980. The van der Waals surface area contributed by atoms with Crippen molar-refractivity contribution < 1.29 is 0 Å². The quantitative estimate of drug-likeness (QED) is 0.933. The standard InChI is InChI=1S/C8H7Cl2N5S/c1-4-11-2-5(16-4)3-12-7-6(9)14-15-8(10)13-7/h2H,3H2,1H3,(H,12,13,15). The third-order valence-corrected chi connectivity index (χ3v) is 3.05. The molecular formula is C8H7Cl2N5S. The lowest BCUT2D eigenvalue weighted by atomic mass is 10.5. The van der Waals surface area contributed by atoms with Crippen molar-refractivity contribution >= 4 is 40.4 Å². The van der Waals surface area contributed by atoms with Crippen molar-refractivity contribution in [2.24, 2.45) is 0 Å². The predicted molar refractivity (Wildman–Crippen MR) is 64.0 cm³/mol. The lowest BCUT2D eigenvalue weighted by molar-refractivity contribution is 0.960. The van der Waals surface area contributed by atoms with E-state index in [9.17, 15) is 0 Å². The van der Waals surface area contributed by atoms with Gasteiger partial charge in [0.2, 0.25) is 5.28 Å². The molecule has 1 N–H and O–H groups in total. The van der Waals surface area contributed by atoms with E-state index in [0.29, 0.717) is 12.4 Å². The molecule has 2 aromatic rings. The van der Waals surface area contributed by atoms with Crippen LogP contribution in [0.25, 0.3) is 0 Å². The molecule has 84 valence electrons. The van der Waals surface area contributed by atoms with Crippen LogP contribution >= 0.6 is 34.5 Å². The Morgan fingerprint density at radius 3 is 2.88 bits per heavy atom. The van der Waals surface area contributed by atoms with Crippen molar-refractivity contribution in [1.29, 1.82) is 0 Å². The van der Waals surface area contributed by atoms with Gasteiger partial charge in [-0.3, -0.25) is 0 Å². The third-order valence-electron chi connectivity index (χ3n) is 1.72. The van der Waals surface area contributed by atoms with E-state index in [2.05, 4.69) is 25.5 Å². The first-order chi connectivity index (χ1) is 7.65. The molecule has 0 atom stereocenters. The summed E-state index contributed by atoms with van der Waals surface area (Å²) in [6.45, 7) is 2.53. The molecule has 0 aliphatic heterocycles. The van der Waals surface area contributed by atoms with E-state index >= 15 is 0 Å². The third kappa shape index (κ3) is 2.78. The molecule has 0 saturated carbocycles. The summed E-state index contributed by atoms with van der Waals surface area (Å²) in [6, 6.07) is 0. The highest BCUT2D eigenvalue weighted by Gasteiger charge is 2.06. The maximum Gasteiger partial charge on any atom is 0.245 e. The number of nitrogens with one attached hydrogen (secondary N) is 1. The summed E-state index contributed by atoms with van der Waals surface area (Å²) >= 11 is 13.0. The highest BCUT2D eigenvalue weighted by atomic mass is 35.5. The fourth-order valence-corrected chi connectivity index (χ4v) is 2.07. The Balaban J connectivity index is 2.07. The molecule has 8 heteroatoms. The van der Waals surface area contributed by atoms with Crippen LogP contribution in [0.2, 0.25) is 10.4 Å². The van der Waals surface area contributed by atoms with Crippen LogP contribution < -0.4 is 5.32 Å². The van der Waals surface area contributed by atoms with Gasteiger partial charge in [-0.1, -0.05) is 11.6 Å². The fourth-order valence-electron chi connectivity index (χ4n) is 1.06. The van der Waals surface area contributed by atoms with E-state index < -0.39 is 0 Å². The molecule has 0 amide bonds. The number of hydrogen-bond donors (Lipinski definition) is 1. The molecule has 0 bridgehead atoms. The van der Waals surface area contributed by atoms with Gasteiger partial charge in [0, 0.05) is 11.1 Å². The fraction of sp³-hybridized carbons (Fsp3) is 0.250. The molecule has 0 radical (unpaired) electrons. The molecule has 0 unspecified atom stereocenters. The first kappa shape index (κ1) is 11.5. The molecule has 16 heavy (non-hydrogen) atoms. The van der Waals surface area contributed by atoms with Gasteiger partial charge in [0.15, 0.2) is 11.0 Å². The Labute approximate surface area is 106 Å². The van der Waals surface area contributed by atoms with E-state index in [1.54, 1.807) is 17.5 Å². The van der Waals surface area contributed by atoms with Crippen LogP contribution in [0.1, 0.15) is 9.88 Å². The van der Waals surface area contributed by atoms with E-state index in [1.165, 1.54) is 0 Å². The number of anilines is 1. The monoisotopic (exact) mass is 275 g/mol. The Kier molecular flexibility index (Phi) is 3.52. The van der Waals surface area contributed by atoms with Crippen LogP contribution in [0, 0.1) is 6.92 Å². The molecular weight excluding hydrogens is 269 g/mol. The second-order valence-corrected chi connectivity index (χ2v) is 4.93. The number of thiazole rings is 1. The topological polar surface area (TPSA) is 63.6 Å². The van der Waals surface area contributed by atoms with Gasteiger partial charge in [0.1, 0.15) is 0 Å². The zero-order valence-electron chi connectivity index (χ0n) is 8.24. The summed E-state index contributed by atoms with van der Waals surface area (Å²) in [5, 5.41) is 11.5. The minimum atomic E-state index is 0.0624. The summed E-state index contributed by atoms with van der Waals surface area (Å²) in [5.74, 6) is 0.424. The van der Waals surface area contributed by atoms with Gasteiger partial charge in [-0.25, -0.2) is 4.98 Å². The minimum absolute atomic E-state index is 0.0624. The minimum Gasteiger partial charge on any atom is -0.362 e. The van der Waals surface area contributed by atoms with Crippen LogP contribution in [-0.2, 0) is 6.54 Å². The highest BCUT2D eigenvalue weighted by Crippen LogP contribution is 2.19. The number of halogens is 2. The summed E-state index contributed by atoms with van der Waals surface area (Å²) < 4.78 is 0. The molecule has 5 nitrogen and oxygen atoms in total. The number of rotatable bonds is 3. The van der Waals surface area contributed by atoms with Crippen LogP contribution in [-0.4, -0.2) is 20.2 Å². The number of aromatic nitrogens is 4. The average molecular weight is 276 g/mol. The van der Waals surface area contributed by atoms with Crippen molar-refractivity contribution in [2.75, 3.05) is 5.32 Å². The maximum atomic E-state index is 5.80. The Morgan fingerprint density at radius 1 is 1.38 bits per heavy atom. The van der Waals surface area contributed by atoms with Gasteiger partial charge in [-0.15, -0.1) is 21.5 Å². The van der Waals surface area contributed by atoms with Crippen LogP contribution in [0.3, 0.4) is 0 Å². The van der Waals surface area contributed by atoms with Crippen LogP contribution in [0.5, 0.6) is 0 Å². The zero-order chi connectivity index (χ0) is 11.5. The average Bonchev–Trinajstić information content (AvgIpc) is 2.66. The van der Waals surface area contributed by atoms with Crippen molar-refractivity contribution in [1.82, 2.24) is 20.2 Å². The van der Waals surface area contributed by atoms with Crippen LogP contribution in [0.15, 0.2) is 6.20 Å². The maximum absolute atomic E-state index is 5.80. The first-order valence-electron chi connectivity index (χ1n) is 4.36. The summed E-state index contributed by atoms with van der Waals surface area (Å²) in [6.07, 6.45) is 1.80. The highest BCUT2D eigenvalue weighted by molar-refractivity contribution is 7.11. The molecule has 0 fully saturated rings. The molecule has 0 spiro atoms. The molecule has 0 aliphatic carbocycles. The number of nitrogens with zero attached hydrogens (tertiary/aromatic N) is 4. The smallest absolute Gasteiger partial charge is 0.245 e. The van der Waals surface area contributed by atoms with Gasteiger partial charge in [0.25, 0.3) is 0 Å². The van der Waals surface area contributed by atoms with Crippen molar-refractivity contribution in [3.63, 3.8) is 0 Å². The molecule has 0 aromatic carbocycles. The van der Waals surface area contributed by atoms with E-state index in [0.717, 1.165) is 9.88 Å². The number of aryl methyl sites for hydroxylation is 1. The van der Waals surface area contributed by atoms with Crippen molar-refractivity contribution in [3.8, 4) is 0 Å². The molecule has 2 aromatic heterocycles. The lowest BCUT2D eigenvalue weighted by Gasteiger charge is -2.03. The summed E-state index contributed by atoms with van der Waals surface area (Å²) in [4.78, 5) is 9.15. The summed E-state index contributed by atoms with van der Waals surface area (Å²) in [7, 11) is 0. The predicted octanol–water partition coefficient (Wildman–Crippen LogP) is 2.56. The van der Waals surface area contributed by atoms with Gasteiger partial charge >= 0.3 is 0 Å². The van der Waals surface area contributed by atoms with Crippen LogP contribution in [0.4, 0.5) is 5.82 Å². The number of hydrogen-bond acceptors (Lipinski definition) is 6. The van der Waals surface area contributed by atoms with E-state index in [-0.39, 0.29) is 10.4 Å². The van der Waals surface area contributed by atoms with Gasteiger partial charge in [-0.05, 0) is 18.5 Å². The molecule has 0 saturated heterocycles. The molecule has 0 aliphatic rings. The van der Waals surface area contributed by atoms with E-state index in [4.69, 9.17) is 23.2 Å². The van der Waals surface area contributed by atoms with Gasteiger partial charge < -0.3 is 5.32 Å². The molecule has 2 heterocycles. The largest absolute Gasteiger partial charge is 0.362 e. The van der Waals surface area contributed by atoms with Gasteiger partial charge in [0.05, 0.1) is 11.6 Å².